The first kappa shape index (κ1) is 25.2. The van der Waals surface area contributed by atoms with E-state index in [9.17, 15) is 9.50 Å². The highest BCUT2D eigenvalue weighted by molar-refractivity contribution is 5.85. The molecular formula is C25H30ClFN8O2. The number of piperazine rings is 1. The molecule has 6 rings (SSSR count). The van der Waals surface area contributed by atoms with Crippen LogP contribution in [0.15, 0.2) is 36.5 Å². The summed E-state index contributed by atoms with van der Waals surface area (Å²) in [6.45, 7) is 7.04. The molecule has 0 aliphatic carbocycles. The van der Waals surface area contributed by atoms with Crippen molar-refractivity contribution in [3.8, 4) is 11.6 Å². The Bertz CT molecular complexity index is 1310. The zero-order chi connectivity index (χ0) is 24.8. The summed E-state index contributed by atoms with van der Waals surface area (Å²) >= 11 is 0. The van der Waals surface area contributed by atoms with Gasteiger partial charge < -0.3 is 25.4 Å². The van der Waals surface area contributed by atoms with Crippen LogP contribution in [0.25, 0.3) is 11.9 Å². The number of hydrogen-bond donors (Lipinski definition) is 2. The van der Waals surface area contributed by atoms with Crippen molar-refractivity contribution in [2.75, 3.05) is 61.4 Å². The second kappa shape index (κ2) is 10.2. The zero-order valence-electron chi connectivity index (χ0n) is 20.5. The summed E-state index contributed by atoms with van der Waals surface area (Å²) in [7, 11) is 0. The Labute approximate surface area is 220 Å². The van der Waals surface area contributed by atoms with Crippen LogP contribution in [-0.4, -0.2) is 87.8 Å². The number of anilines is 3. The SMILES string of the molecule is Cc1c(/C=C/CN2CCN3c4cc(F)ccc4OCC3C2)cnn1-c1cc(N2CC(O)C2)nc(N)n1.Cl. The summed E-state index contributed by atoms with van der Waals surface area (Å²) in [4.78, 5) is 15.2. The number of fused-ring (bicyclic) bond motifs is 3. The number of halogens is 2. The Balaban J connectivity index is 0.00000280. The summed E-state index contributed by atoms with van der Waals surface area (Å²) in [5.41, 5.74) is 8.74. The van der Waals surface area contributed by atoms with Crippen LogP contribution in [0.4, 0.5) is 21.8 Å². The molecule has 0 amide bonds. The highest BCUT2D eigenvalue weighted by Gasteiger charge is 2.32. The van der Waals surface area contributed by atoms with E-state index < -0.39 is 0 Å². The molecule has 3 N–H and O–H groups in total. The van der Waals surface area contributed by atoms with Gasteiger partial charge in [0.05, 0.1) is 29.7 Å². The Morgan fingerprint density at radius 2 is 1.97 bits per heavy atom. The van der Waals surface area contributed by atoms with Crippen LogP contribution in [0.5, 0.6) is 5.75 Å². The third-order valence-electron chi connectivity index (χ3n) is 7.06. The minimum Gasteiger partial charge on any atom is -0.489 e. The van der Waals surface area contributed by atoms with E-state index >= 15 is 0 Å². The number of nitrogens with zero attached hydrogens (tertiary/aromatic N) is 7. The molecule has 1 aromatic carbocycles. The molecule has 2 fully saturated rings. The first-order valence-corrected chi connectivity index (χ1v) is 12.1. The Kier molecular flexibility index (Phi) is 6.93. The summed E-state index contributed by atoms with van der Waals surface area (Å²) < 4.78 is 21.4. The van der Waals surface area contributed by atoms with Crippen LogP contribution >= 0.6 is 12.4 Å². The van der Waals surface area contributed by atoms with Crippen LogP contribution in [0.3, 0.4) is 0 Å². The maximum absolute atomic E-state index is 13.8. The highest BCUT2D eigenvalue weighted by Crippen LogP contribution is 2.35. The average molecular weight is 529 g/mol. The van der Waals surface area contributed by atoms with E-state index in [1.165, 1.54) is 6.07 Å². The fourth-order valence-electron chi connectivity index (χ4n) is 5.07. The summed E-state index contributed by atoms with van der Waals surface area (Å²) in [6, 6.07) is 6.77. The molecule has 3 aliphatic heterocycles. The van der Waals surface area contributed by atoms with Crippen LogP contribution < -0.4 is 20.3 Å². The van der Waals surface area contributed by atoms with Crippen molar-refractivity contribution in [1.29, 1.82) is 0 Å². The number of benzene rings is 1. The molecule has 37 heavy (non-hydrogen) atoms. The van der Waals surface area contributed by atoms with E-state index in [-0.39, 0.29) is 36.3 Å². The van der Waals surface area contributed by atoms with Gasteiger partial charge in [0.2, 0.25) is 5.95 Å². The number of nitrogens with two attached hydrogens (primary N) is 1. The fourth-order valence-corrected chi connectivity index (χ4v) is 5.07. The number of rotatable bonds is 5. The van der Waals surface area contributed by atoms with Crippen LogP contribution in [0, 0.1) is 12.7 Å². The molecule has 0 saturated carbocycles. The van der Waals surface area contributed by atoms with E-state index in [0.29, 0.717) is 31.3 Å². The first-order chi connectivity index (χ1) is 17.4. The molecule has 2 saturated heterocycles. The monoisotopic (exact) mass is 528 g/mol. The number of aromatic nitrogens is 4. The molecule has 0 spiro atoms. The van der Waals surface area contributed by atoms with Crippen molar-refractivity contribution in [2.45, 2.75) is 19.1 Å². The van der Waals surface area contributed by atoms with Crippen LogP contribution in [0.2, 0.25) is 0 Å². The predicted molar refractivity (Wildman–Crippen MR) is 142 cm³/mol. The lowest BCUT2D eigenvalue weighted by Gasteiger charge is -2.45. The third kappa shape index (κ3) is 4.94. The lowest BCUT2D eigenvalue weighted by molar-refractivity contribution is 0.141. The molecule has 0 bridgehead atoms. The van der Waals surface area contributed by atoms with Gasteiger partial charge in [0.25, 0.3) is 0 Å². The topological polar surface area (TPSA) is 109 Å². The second-order valence-corrected chi connectivity index (χ2v) is 9.53. The van der Waals surface area contributed by atoms with Gasteiger partial charge in [0.1, 0.15) is 24.0 Å². The van der Waals surface area contributed by atoms with Crippen molar-refractivity contribution in [3.63, 3.8) is 0 Å². The molecule has 12 heteroatoms. The molecule has 3 aliphatic rings. The maximum atomic E-state index is 13.8. The zero-order valence-corrected chi connectivity index (χ0v) is 21.3. The minimum absolute atomic E-state index is 0. The summed E-state index contributed by atoms with van der Waals surface area (Å²) in [6.07, 6.45) is 5.70. The lowest BCUT2D eigenvalue weighted by atomic mass is 10.1. The van der Waals surface area contributed by atoms with Gasteiger partial charge in [0, 0.05) is 57.0 Å². The summed E-state index contributed by atoms with van der Waals surface area (Å²) in [5, 5.41) is 14.1. The molecule has 1 unspecified atom stereocenters. The molecule has 2 aromatic heterocycles. The molecule has 196 valence electrons. The van der Waals surface area contributed by atoms with Crippen molar-refractivity contribution in [1.82, 2.24) is 24.6 Å². The molecule has 0 radical (unpaired) electrons. The first-order valence-electron chi connectivity index (χ1n) is 12.1. The Hall–Kier alpha value is -3.41. The van der Waals surface area contributed by atoms with Crippen molar-refractivity contribution < 1.29 is 14.2 Å². The number of aliphatic hydroxyl groups is 1. The van der Waals surface area contributed by atoms with Crippen molar-refractivity contribution >= 4 is 35.9 Å². The number of hydrogen-bond acceptors (Lipinski definition) is 9. The van der Waals surface area contributed by atoms with E-state index in [1.807, 2.05) is 24.1 Å². The van der Waals surface area contributed by atoms with Crippen LogP contribution in [0.1, 0.15) is 11.3 Å². The largest absolute Gasteiger partial charge is 0.489 e. The predicted octanol–water partition coefficient (Wildman–Crippen LogP) is 1.89. The van der Waals surface area contributed by atoms with Gasteiger partial charge in [-0.2, -0.15) is 15.1 Å². The normalized spacial score (nSPS) is 19.7. The third-order valence-corrected chi connectivity index (χ3v) is 7.06. The van der Waals surface area contributed by atoms with Gasteiger partial charge in [-0.3, -0.25) is 4.90 Å². The van der Waals surface area contributed by atoms with Gasteiger partial charge in [-0.05, 0) is 19.1 Å². The Morgan fingerprint density at radius 1 is 1.16 bits per heavy atom. The molecule has 5 heterocycles. The van der Waals surface area contributed by atoms with Crippen molar-refractivity contribution in [3.05, 3.63) is 53.6 Å². The Morgan fingerprint density at radius 3 is 2.78 bits per heavy atom. The minimum atomic E-state index is -0.333. The van der Waals surface area contributed by atoms with Gasteiger partial charge >= 0.3 is 0 Å². The molecule has 1 atom stereocenters. The fraction of sp³-hybridized carbons (Fsp3) is 0.400. The molecular weight excluding hydrogens is 499 g/mol. The maximum Gasteiger partial charge on any atom is 0.224 e. The van der Waals surface area contributed by atoms with E-state index in [1.54, 1.807) is 16.8 Å². The lowest BCUT2D eigenvalue weighted by Crippen LogP contribution is -2.57. The van der Waals surface area contributed by atoms with Gasteiger partial charge in [-0.25, -0.2) is 9.07 Å². The number of ether oxygens (including phenoxy) is 1. The van der Waals surface area contributed by atoms with E-state index in [0.717, 1.165) is 48.9 Å². The molecule has 10 nitrogen and oxygen atoms in total. The van der Waals surface area contributed by atoms with Gasteiger partial charge in [-0.15, -0.1) is 12.4 Å². The number of nitrogen functional groups attached to an aromatic ring is 1. The summed E-state index contributed by atoms with van der Waals surface area (Å²) in [5.74, 6) is 1.98. The average Bonchev–Trinajstić information content (AvgIpc) is 3.21. The van der Waals surface area contributed by atoms with Gasteiger partial charge in [-0.1, -0.05) is 12.2 Å². The van der Waals surface area contributed by atoms with E-state index in [2.05, 4.69) is 37.0 Å². The quantitative estimate of drug-likeness (QED) is 0.513. The number of β-amino-alcohol motifs (C(OH)–C–C–N with tert-alkyl or cyclic N) is 1. The highest BCUT2D eigenvalue weighted by atomic mass is 35.5. The number of aliphatic hydroxyl groups excluding tert-OH is 1. The van der Waals surface area contributed by atoms with E-state index in [4.69, 9.17) is 10.5 Å². The smallest absolute Gasteiger partial charge is 0.224 e. The van der Waals surface area contributed by atoms with Crippen molar-refractivity contribution in [2.24, 2.45) is 0 Å². The second-order valence-electron chi connectivity index (χ2n) is 9.53. The molecule has 3 aromatic rings. The van der Waals surface area contributed by atoms with Crippen LogP contribution in [-0.2, 0) is 0 Å². The van der Waals surface area contributed by atoms with Gasteiger partial charge in [0.15, 0.2) is 5.82 Å². The standard InChI is InChI=1S/C25H29FN8O2.ClH/c1-16-17(11-28-34(16)24-10-23(29-25(27)30-24)32-13-20(35)14-32)3-2-6-31-7-8-33-19(12-31)15-36-22-5-4-18(26)9-21(22)33;/h2-5,9-11,19-20,35H,6-8,12-15H2,1H3,(H2,27,29,30);1H/b3-2+;.